The Balaban J connectivity index is 0.000000687. The largest absolute Gasteiger partial charge is 0.465 e. The number of carboxylic acid groups (broad SMARTS) is 1. The summed E-state index contributed by atoms with van der Waals surface area (Å²) >= 11 is 4.54. The summed E-state index contributed by atoms with van der Waals surface area (Å²) in [4.78, 5) is 27.5. The molecule has 3 N–H and O–H groups in total. The van der Waals surface area contributed by atoms with E-state index in [1.165, 1.54) is 9.80 Å². The Bertz CT molecular complexity index is 760. The van der Waals surface area contributed by atoms with Gasteiger partial charge in [-0.3, -0.25) is 4.90 Å². The summed E-state index contributed by atoms with van der Waals surface area (Å²) < 4.78 is 34.0. The number of cyclic esters (lactones) is 1. The molecule has 160 valence electrons. The number of rotatable bonds is 3. The molecule has 0 spiro atoms. The van der Waals surface area contributed by atoms with Crippen LogP contribution in [0.15, 0.2) is 12.1 Å². The van der Waals surface area contributed by atoms with Gasteiger partial charge in [0.25, 0.3) is 0 Å². The van der Waals surface area contributed by atoms with Gasteiger partial charge in [-0.15, -0.1) is 0 Å². The van der Waals surface area contributed by atoms with Crippen molar-refractivity contribution in [3.8, 4) is 0 Å². The Hall–Kier alpha value is -2.53. The molecule has 0 aliphatic carbocycles. The number of anilines is 2. The summed E-state index contributed by atoms with van der Waals surface area (Å²) in [6, 6.07) is 2.14. The quantitative estimate of drug-likeness (QED) is 0.711. The van der Waals surface area contributed by atoms with Crippen molar-refractivity contribution in [1.82, 2.24) is 4.90 Å². The summed E-state index contributed by atoms with van der Waals surface area (Å²) in [6.45, 7) is 4.73. The fourth-order valence-corrected chi connectivity index (χ4v) is 2.99. The summed E-state index contributed by atoms with van der Waals surface area (Å²) in [5.41, 5.74) is 5.28. The van der Waals surface area contributed by atoms with Gasteiger partial charge in [-0.2, -0.15) is 0 Å². The van der Waals surface area contributed by atoms with Gasteiger partial charge in [-0.1, -0.05) is 12.2 Å². The van der Waals surface area contributed by atoms with Gasteiger partial charge in [0.05, 0.1) is 12.2 Å². The second-order valence-electron chi connectivity index (χ2n) is 6.78. The van der Waals surface area contributed by atoms with Crippen LogP contribution in [0.3, 0.4) is 0 Å². The van der Waals surface area contributed by atoms with Crippen LogP contribution in [0.25, 0.3) is 0 Å². The number of benzene rings is 1. The number of hydrogen-bond acceptors (Lipinski definition) is 6. The van der Waals surface area contributed by atoms with Crippen molar-refractivity contribution in [1.29, 1.82) is 0 Å². The molecule has 0 radical (unpaired) electrons. The Labute approximate surface area is 172 Å². The molecule has 2 amide bonds. The van der Waals surface area contributed by atoms with Gasteiger partial charge in [0.15, 0.2) is 11.6 Å². The Morgan fingerprint density at radius 3 is 2.17 bits per heavy atom. The zero-order valence-electron chi connectivity index (χ0n) is 16.2. The maximum Gasteiger partial charge on any atom is 0.414 e. The first-order valence-electron chi connectivity index (χ1n) is 9.01. The fraction of sp³-hybridized carbons (Fsp3) is 0.500. The molecule has 2 heterocycles. The number of nitrogens with two attached hydrogens (primary N) is 1. The van der Waals surface area contributed by atoms with E-state index >= 15 is 0 Å². The van der Waals surface area contributed by atoms with Gasteiger partial charge in [0, 0.05) is 44.9 Å². The minimum Gasteiger partial charge on any atom is -0.465 e. The number of carbonyl (C=O) groups is 2. The minimum absolute atomic E-state index is 0.0591. The summed E-state index contributed by atoms with van der Waals surface area (Å²) in [5, 5.41) is 8.93. The van der Waals surface area contributed by atoms with Crippen LogP contribution in [0.4, 0.5) is 29.7 Å². The lowest BCUT2D eigenvalue weighted by Crippen LogP contribution is -2.48. The van der Waals surface area contributed by atoms with Crippen LogP contribution in [-0.2, 0) is 4.74 Å². The molecular weight excluding hydrogens is 406 g/mol. The van der Waals surface area contributed by atoms with Gasteiger partial charge in [0.1, 0.15) is 11.8 Å². The highest BCUT2D eigenvalue weighted by Gasteiger charge is 2.33. The van der Waals surface area contributed by atoms with Gasteiger partial charge >= 0.3 is 12.2 Å². The molecule has 2 aliphatic rings. The van der Waals surface area contributed by atoms with Crippen LogP contribution in [0, 0.1) is 11.6 Å². The first-order chi connectivity index (χ1) is 13.6. The molecular formula is C18H24F2N4O4S. The maximum absolute atomic E-state index is 14.5. The van der Waals surface area contributed by atoms with E-state index in [0.717, 1.165) is 21.9 Å². The molecule has 1 aromatic carbocycles. The molecule has 2 saturated heterocycles. The summed E-state index contributed by atoms with van der Waals surface area (Å²) in [6.07, 6.45) is -2.27. The van der Waals surface area contributed by atoms with Crippen molar-refractivity contribution < 1.29 is 28.2 Å². The van der Waals surface area contributed by atoms with Crippen molar-refractivity contribution in [3.05, 3.63) is 23.8 Å². The van der Waals surface area contributed by atoms with Crippen molar-refractivity contribution in [3.63, 3.8) is 0 Å². The van der Waals surface area contributed by atoms with Gasteiger partial charge in [-0.05, 0) is 18.7 Å². The van der Waals surface area contributed by atoms with Crippen LogP contribution < -0.4 is 15.5 Å². The van der Waals surface area contributed by atoms with E-state index in [4.69, 9.17) is 15.6 Å². The third kappa shape index (κ3) is 5.73. The lowest BCUT2D eigenvalue weighted by molar-refractivity contribution is 0.142. The molecule has 11 heteroatoms. The second-order valence-corrected chi connectivity index (χ2v) is 7.59. The first-order valence-corrected chi connectivity index (χ1v) is 9.42. The standard InChI is InChI=1S/C15H18F2N4O4.C3H6S/c16-11-5-9(21-8-10(7-18)25-15(21)24)6-12(17)13(11)19-1-3-20(4-2-19)14(22)23;1-3(2)4/h5-6,10H,1-4,7-8,18H2,(H,22,23);1-2H3/t10-;/m0./s1. The molecule has 1 atom stereocenters. The highest BCUT2D eigenvalue weighted by atomic mass is 32.1. The van der Waals surface area contributed by atoms with Crippen LogP contribution in [-0.4, -0.2) is 72.4 Å². The molecule has 0 aromatic heterocycles. The van der Waals surface area contributed by atoms with Gasteiger partial charge < -0.3 is 25.4 Å². The van der Waals surface area contributed by atoms with E-state index in [9.17, 15) is 18.4 Å². The Kier molecular flexibility index (Phi) is 7.68. The molecule has 0 unspecified atom stereocenters. The molecule has 0 bridgehead atoms. The van der Waals surface area contributed by atoms with E-state index in [-0.39, 0.29) is 50.6 Å². The van der Waals surface area contributed by atoms with Crippen LogP contribution in [0.1, 0.15) is 13.8 Å². The third-order valence-electron chi connectivity index (χ3n) is 4.32. The van der Waals surface area contributed by atoms with Gasteiger partial charge in [-0.25, -0.2) is 18.4 Å². The molecule has 0 saturated carbocycles. The number of halogens is 2. The highest BCUT2D eigenvalue weighted by Crippen LogP contribution is 2.31. The third-order valence-corrected chi connectivity index (χ3v) is 4.32. The number of piperazine rings is 1. The zero-order chi connectivity index (χ0) is 21.7. The van der Waals surface area contributed by atoms with Crippen LogP contribution in [0.5, 0.6) is 0 Å². The van der Waals surface area contributed by atoms with Crippen molar-refractivity contribution in [2.24, 2.45) is 5.73 Å². The predicted octanol–water partition coefficient (Wildman–Crippen LogP) is 2.44. The number of carbonyl (C=O) groups excluding carboxylic acids is 1. The summed E-state index contributed by atoms with van der Waals surface area (Å²) in [7, 11) is 0. The number of amides is 2. The smallest absolute Gasteiger partial charge is 0.414 e. The fourth-order valence-electron chi connectivity index (χ4n) is 2.99. The van der Waals surface area contributed by atoms with E-state index < -0.39 is 29.9 Å². The number of hydrogen-bond donors (Lipinski definition) is 2. The van der Waals surface area contributed by atoms with E-state index in [1.807, 2.05) is 13.8 Å². The number of ether oxygens (including phenoxy) is 1. The lowest BCUT2D eigenvalue weighted by Gasteiger charge is -2.35. The number of nitrogens with zero attached hydrogens (tertiary/aromatic N) is 3. The molecule has 1 aromatic rings. The van der Waals surface area contributed by atoms with Crippen molar-refractivity contribution in [2.75, 3.05) is 49.1 Å². The molecule has 8 nitrogen and oxygen atoms in total. The van der Waals surface area contributed by atoms with Gasteiger partial charge in [0.2, 0.25) is 0 Å². The molecule has 2 fully saturated rings. The van der Waals surface area contributed by atoms with Crippen LogP contribution >= 0.6 is 12.2 Å². The lowest BCUT2D eigenvalue weighted by atomic mass is 10.2. The molecule has 29 heavy (non-hydrogen) atoms. The van der Waals surface area contributed by atoms with Crippen LogP contribution in [0.2, 0.25) is 0 Å². The minimum atomic E-state index is -1.06. The Morgan fingerprint density at radius 2 is 1.76 bits per heavy atom. The second kappa shape index (κ2) is 9.79. The molecule has 3 rings (SSSR count). The highest BCUT2D eigenvalue weighted by molar-refractivity contribution is 7.80. The topological polar surface area (TPSA) is 99.3 Å². The number of thiocarbonyl (C=S) groups is 1. The average Bonchev–Trinajstić information content (AvgIpc) is 3.02. The predicted molar refractivity (Wildman–Crippen MR) is 109 cm³/mol. The van der Waals surface area contributed by atoms with E-state index in [2.05, 4.69) is 12.2 Å². The average molecular weight is 430 g/mol. The Morgan fingerprint density at radius 1 is 1.24 bits per heavy atom. The maximum atomic E-state index is 14.5. The van der Waals surface area contributed by atoms with Crippen molar-refractivity contribution >= 4 is 40.6 Å². The monoisotopic (exact) mass is 430 g/mol. The first kappa shape index (κ1) is 22.8. The van der Waals surface area contributed by atoms with E-state index in [0.29, 0.717) is 0 Å². The van der Waals surface area contributed by atoms with Crippen molar-refractivity contribution in [2.45, 2.75) is 20.0 Å². The normalized spacial score (nSPS) is 18.9. The van der Waals surface area contributed by atoms with E-state index in [1.54, 1.807) is 0 Å². The summed E-state index contributed by atoms with van der Waals surface area (Å²) in [5.74, 6) is -1.63. The zero-order valence-corrected chi connectivity index (χ0v) is 17.0. The SMILES string of the molecule is CC(C)=S.NC[C@H]1CN(c2cc(F)c(N3CCN(C(=O)O)CC3)c(F)c2)C(=O)O1. The molecule has 2 aliphatic heterocycles.